The van der Waals surface area contributed by atoms with Crippen LogP contribution in [-0.4, -0.2) is 0 Å². The summed E-state index contributed by atoms with van der Waals surface area (Å²) in [4.78, 5) is 0. The van der Waals surface area contributed by atoms with E-state index in [4.69, 9.17) is 0 Å². The van der Waals surface area contributed by atoms with E-state index in [1.807, 2.05) is 0 Å². The van der Waals surface area contributed by atoms with E-state index in [0.717, 1.165) is 17.1 Å². The molecule has 0 amide bonds. The molecule has 0 aliphatic heterocycles. The zero-order chi connectivity index (χ0) is 21.1. The molecule has 0 aliphatic carbocycles. The summed E-state index contributed by atoms with van der Waals surface area (Å²) in [5.41, 5.74) is 0. The van der Waals surface area contributed by atoms with Crippen LogP contribution in [0, 0.1) is 0 Å². The van der Waals surface area contributed by atoms with Crippen LogP contribution >= 0.6 is 0 Å². The van der Waals surface area contributed by atoms with Crippen molar-refractivity contribution in [3.8, 4) is 0 Å². The molecule has 0 saturated carbocycles. The molecule has 29 heavy (non-hydrogen) atoms. The van der Waals surface area contributed by atoms with E-state index < -0.39 is 0 Å². The predicted molar refractivity (Wildman–Crippen MR) is 132 cm³/mol. The second-order valence-corrected chi connectivity index (χ2v) is 11.9. The summed E-state index contributed by atoms with van der Waals surface area (Å²) < 4.78 is 0. The molecule has 0 bridgehead atoms. The molecule has 0 fully saturated rings. The van der Waals surface area contributed by atoms with Crippen molar-refractivity contribution in [1.82, 2.24) is 0 Å². The third-order valence-corrected chi connectivity index (χ3v) is 8.67. The molecule has 0 aliphatic rings. The molecular formula is C28H58Ru. The van der Waals surface area contributed by atoms with Gasteiger partial charge in [-0.2, -0.15) is 0 Å². The minimum absolute atomic E-state index is 0.718. The van der Waals surface area contributed by atoms with Gasteiger partial charge in [0, 0.05) is 0 Å². The molecule has 0 unspecified atom stereocenters. The van der Waals surface area contributed by atoms with Crippen LogP contribution in [0.4, 0.5) is 0 Å². The molecule has 0 nitrogen and oxygen atoms in total. The fraction of sp³-hybridized carbons (Fsp3) is 1.00. The van der Waals surface area contributed by atoms with Crippen LogP contribution in [0.1, 0.15) is 168 Å². The van der Waals surface area contributed by atoms with Gasteiger partial charge < -0.3 is 0 Å². The van der Waals surface area contributed by atoms with Crippen molar-refractivity contribution >= 4 is 0 Å². The average Bonchev–Trinajstić information content (AvgIpc) is 2.74. The molecule has 0 spiro atoms. The minimum Gasteiger partial charge on any atom is -0.0654 e. The van der Waals surface area contributed by atoms with Crippen molar-refractivity contribution in [2.75, 3.05) is 0 Å². The summed E-state index contributed by atoms with van der Waals surface area (Å²) in [5.74, 6) is 0. The molecule has 178 valence electrons. The van der Waals surface area contributed by atoms with E-state index in [1.165, 1.54) is 154 Å². The summed E-state index contributed by atoms with van der Waals surface area (Å²) in [7, 11) is 0. The summed E-state index contributed by atoms with van der Waals surface area (Å²) in [6.45, 7) is 4.61. The molecule has 0 aromatic heterocycles. The van der Waals surface area contributed by atoms with Crippen LogP contribution in [0.15, 0.2) is 0 Å². The monoisotopic (exact) mass is 496 g/mol. The maximum absolute atomic E-state index is 2.31. The number of hydrogen-bond donors (Lipinski definition) is 0. The van der Waals surface area contributed by atoms with Crippen molar-refractivity contribution < 1.29 is 17.1 Å². The molecule has 0 radical (unpaired) electrons. The summed E-state index contributed by atoms with van der Waals surface area (Å²) in [6.07, 6.45) is 35.6. The van der Waals surface area contributed by atoms with Crippen molar-refractivity contribution in [1.29, 1.82) is 0 Å². The third kappa shape index (κ3) is 28.6. The van der Waals surface area contributed by atoms with Crippen molar-refractivity contribution in [2.45, 2.75) is 178 Å². The molecule has 0 atom stereocenters. The van der Waals surface area contributed by atoms with Gasteiger partial charge in [-0.05, 0) is 0 Å². The molecule has 0 aromatic rings. The zero-order valence-electron chi connectivity index (χ0n) is 20.7. The molecule has 0 rings (SSSR count). The van der Waals surface area contributed by atoms with E-state index in [9.17, 15) is 0 Å². The van der Waals surface area contributed by atoms with E-state index in [0.29, 0.717) is 0 Å². The van der Waals surface area contributed by atoms with Gasteiger partial charge >= 0.3 is 168 Å². The first kappa shape index (κ1) is 29.6. The molecule has 1 heteroatoms. The van der Waals surface area contributed by atoms with Gasteiger partial charge in [0.1, 0.15) is 0 Å². The second kappa shape index (κ2) is 28.6. The second-order valence-electron chi connectivity index (χ2n) is 9.31. The Bertz CT molecular complexity index is 237. The average molecular weight is 496 g/mol. The van der Waals surface area contributed by atoms with Gasteiger partial charge in [-0.3, -0.25) is 0 Å². The number of hydrogen-bond acceptors (Lipinski definition) is 0. The molecule has 0 N–H and O–H groups in total. The Balaban J connectivity index is 2.97. The Morgan fingerprint density at radius 2 is 0.483 bits per heavy atom. The molecule has 0 aromatic carbocycles. The van der Waals surface area contributed by atoms with Crippen LogP contribution < -0.4 is 0 Å². The van der Waals surface area contributed by atoms with Crippen molar-refractivity contribution in [3.63, 3.8) is 0 Å². The van der Waals surface area contributed by atoms with Crippen LogP contribution in [-0.2, 0) is 17.1 Å². The van der Waals surface area contributed by atoms with E-state index in [2.05, 4.69) is 13.8 Å². The predicted octanol–water partition coefficient (Wildman–Crippen LogP) is 11.3. The van der Waals surface area contributed by atoms with Crippen LogP contribution in [0.2, 0.25) is 10.0 Å². The Kier molecular flexibility index (Phi) is 29.2. The Morgan fingerprint density at radius 3 is 0.724 bits per heavy atom. The van der Waals surface area contributed by atoms with Gasteiger partial charge in [-0.25, -0.2) is 0 Å². The van der Waals surface area contributed by atoms with E-state index >= 15 is 0 Å². The molecule has 0 heterocycles. The Morgan fingerprint density at radius 1 is 0.276 bits per heavy atom. The topological polar surface area (TPSA) is 0 Å². The van der Waals surface area contributed by atoms with Gasteiger partial charge in [0.05, 0.1) is 0 Å². The van der Waals surface area contributed by atoms with Gasteiger partial charge in [0.2, 0.25) is 0 Å². The van der Waals surface area contributed by atoms with Gasteiger partial charge in [0.15, 0.2) is 0 Å². The normalized spacial score (nSPS) is 11.5. The summed E-state index contributed by atoms with van der Waals surface area (Å²) in [6, 6.07) is 0. The minimum atomic E-state index is 0.718. The fourth-order valence-electron chi connectivity index (χ4n) is 4.12. The van der Waals surface area contributed by atoms with Crippen molar-refractivity contribution in [3.05, 3.63) is 0 Å². The standard InChI is InChI=1S/2C14H29.Ru/c2*1-3-5-7-9-11-13-14-12-10-8-6-4-2;/h2*1,3-14H2,2H3;. The first-order valence-electron chi connectivity index (χ1n) is 13.9. The summed E-state index contributed by atoms with van der Waals surface area (Å²) in [5, 5.41) is 3.17. The maximum atomic E-state index is 2.31. The quantitative estimate of drug-likeness (QED) is 0.0826. The Hall–Kier alpha value is 0.623. The first-order valence-corrected chi connectivity index (χ1v) is 16.4. The SMILES string of the molecule is CCCCCCCCCCCCC[CH2][Ru][CH2]CCCCCCCCCCCCC. The Labute approximate surface area is 194 Å². The van der Waals surface area contributed by atoms with E-state index in [-0.39, 0.29) is 0 Å². The van der Waals surface area contributed by atoms with Crippen LogP contribution in [0.5, 0.6) is 0 Å². The smallest absolute Gasteiger partial charge is 0.0654 e. The first-order chi connectivity index (χ1) is 14.4. The molecule has 0 saturated heterocycles. The van der Waals surface area contributed by atoms with E-state index in [1.54, 1.807) is 10.0 Å². The fourth-order valence-corrected chi connectivity index (χ4v) is 6.30. The molecular weight excluding hydrogens is 437 g/mol. The van der Waals surface area contributed by atoms with Crippen molar-refractivity contribution in [2.24, 2.45) is 0 Å². The van der Waals surface area contributed by atoms with Gasteiger partial charge in [-0.1, -0.05) is 26.7 Å². The van der Waals surface area contributed by atoms with Gasteiger partial charge in [-0.15, -0.1) is 0 Å². The van der Waals surface area contributed by atoms with Crippen LogP contribution in [0.25, 0.3) is 0 Å². The third-order valence-electron chi connectivity index (χ3n) is 6.21. The van der Waals surface area contributed by atoms with Gasteiger partial charge in [0.25, 0.3) is 0 Å². The van der Waals surface area contributed by atoms with Crippen LogP contribution in [0.3, 0.4) is 0 Å². The zero-order valence-corrected chi connectivity index (χ0v) is 22.5. The summed E-state index contributed by atoms with van der Waals surface area (Å²) >= 11 is 0.718. The number of rotatable bonds is 26. The number of unbranched alkanes of at least 4 members (excludes halogenated alkanes) is 22.